The molecule has 1 N–H and O–H groups in total. The Morgan fingerprint density at radius 3 is 2.45 bits per heavy atom. The summed E-state index contributed by atoms with van der Waals surface area (Å²) in [6.07, 6.45) is 6.44. The highest BCUT2D eigenvalue weighted by atomic mass is 32.2. The Morgan fingerprint density at radius 2 is 1.76 bits per heavy atom. The first-order chi connectivity index (χ1) is 14.0. The Labute approximate surface area is 167 Å². The zero-order chi connectivity index (χ0) is 20.3. The molecule has 0 bridgehead atoms. The van der Waals surface area contributed by atoms with Gasteiger partial charge < -0.3 is 4.74 Å². The third-order valence-corrected chi connectivity index (χ3v) is 5.45. The summed E-state index contributed by atoms with van der Waals surface area (Å²) in [5, 5.41) is 0. The molecule has 8 nitrogen and oxygen atoms in total. The molecule has 0 aliphatic rings. The lowest BCUT2D eigenvalue weighted by molar-refractivity contribution is 0.461. The van der Waals surface area contributed by atoms with E-state index in [0.29, 0.717) is 23.1 Å². The van der Waals surface area contributed by atoms with E-state index in [1.54, 1.807) is 77.9 Å². The summed E-state index contributed by atoms with van der Waals surface area (Å²) in [6.45, 7) is 1.90. The van der Waals surface area contributed by atoms with Gasteiger partial charge in [-0.25, -0.2) is 23.4 Å². The molecule has 0 saturated heterocycles. The quantitative estimate of drug-likeness (QED) is 0.525. The third kappa shape index (κ3) is 4.41. The van der Waals surface area contributed by atoms with Crippen molar-refractivity contribution in [3.8, 4) is 17.4 Å². The Hall–Kier alpha value is -3.72. The highest BCUT2D eigenvalue weighted by molar-refractivity contribution is 7.92. The van der Waals surface area contributed by atoms with Crippen LogP contribution in [-0.4, -0.2) is 27.9 Å². The van der Waals surface area contributed by atoms with Crippen molar-refractivity contribution in [1.82, 2.24) is 19.5 Å². The van der Waals surface area contributed by atoms with Gasteiger partial charge in [-0.2, -0.15) is 0 Å². The van der Waals surface area contributed by atoms with Crippen LogP contribution in [0.1, 0.15) is 5.56 Å². The lowest BCUT2D eigenvalue weighted by atomic mass is 10.2. The van der Waals surface area contributed by atoms with Gasteiger partial charge in [-0.15, -0.1) is 0 Å². The zero-order valence-corrected chi connectivity index (χ0v) is 16.2. The number of hydrogen-bond acceptors (Lipinski definition) is 6. The summed E-state index contributed by atoms with van der Waals surface area (Å²) >= 11 is 0. The predicted molar refractivity (Wildman–Crippen MR) is 108 cm³/mol. The maximum absolute atomic E-state index is 12.5. The van der Waals surface area contributed by atoms with Gasteiger partial charge >= 0.3 is 0 Å². The fraction of sp³-hybridized carbons (Fsp3) is 0.0500. The van der Waals surface area contributed by atoms with E-state index in [0.717, 1.165) is 5.56 Å². The van der Waals surface area contributed by atoms with E-state index in [2.05, 4.69) is 19.7 Å². The molecule has 9 heteroatoms. The lowest BCUT2D eigenvalue weighted by Gasteiger charge is -2.10. The summed E-state index contributed by atoms with van der Waals surface area (Å²) in [6, 6.07) is 14.9. The monoisotopic (exact) mass is 407 g/mol. The normalized spacial score (nSPS) is 11.2. The van der Waals surface area contributed by atoms with E-state index in [-0.39, 0.29) is 4.90 Å². The Balaban J connectivity index is 1.47. The van der Waals surface area contributed by atoms with Gasteiger partial charge in [0.25, 0.3) is 10.0 Å². The fourth-order valence-electron chi connectivity index (χ4n) is 2.56. The zero-order valence-electron chi connectivity index (χ0n) is 15.4. The molecule has 2 aromatic heterocycles. The minimum Gasteiger partial charge on any atom is -0.439 e. The molecule has 4 aromatic rings. The number of anilines is 1. The first-order valence-corrected chi connectivity index (χ1v) is 10.2. The molecule has 0 amide bonds. The van der Waals surface area contributed by atoms with Crippen LogP contribution >= 0.6 is 0 Å². The molecule has 2 heterocycles. The van der Waals surface area contributed by atoms with Gasteiger partial charge in [-0.3, -0.25) is 9.29 Å². The second-order valence-electron chi connectivity index (χ2n) is 6.23. The van der Waals surface area contributed by atoms with Crippen molar-refractivity contribution in [2.45, 2.75) is 11.8 Å². The maximum atomic E-state index is 12.5. The predicted octanol–water partition coefficient (Wildman–Crippen LogP) is 3.56. The lowest BCUT2D eigenvalue weighted by Crippen LogP contribution is -2.12. The van der Waals surface area contributed by atoms with E-state index >= 15 is 0 Å². The summed E-state index contributed by atoms with van der Waals surface area (Å²) in [5.41, 5.74) is 1.42. The average Bonchev–Trinajstić information content (AvgIpc) is 3.25. The van der Waals surface area contributed by atoms with Crippen molar-refractivity contribution >= 4 is 15.7 Å². The second kappa shape index (κ2) is 7.72. The highest BCUT2D eigenvalue weighted by Gasteiger charge is 2.14. The topological polar surface area (TPSA) is 99.0 Å². The van der Waals surface area contributed by atoms with Crippen LogP contribution in [0, 0.1) is 6.92 Å². The summed E-state index contributed by atoms with van der Waals surface area (Å²) in [4.78, 5) is 12.4. The van der Waals surface area contributed by atoms with E-state index < -0.39 is 10.0 Å². The van der Waals surface area contributed by atoms with Gasteiger partial charge in [0.15, 0.2) is 0 Å². The van der Waals surface area contributed by atoms with Gasteiger partial charge in [0.1, 0.15) is 24.2 Å². The minimum absolute atomic E-state index is 0.205. The number of hydrogen-bond donors (Lipinski definition) is 1. The molecule has 29 heavy (non-hydrogen) atoms. The first kappa shape index (κ1) is 18.6. The molecular formula is C20H17N5O3S. The van der Waals surface area contributed by atoms with Crippen LogP contribution in [0.3, 0.4) is 0 Å². The molecule has 4 rings (SSSR count). The van der Waals surface area contributed by atoms with Crippen molar-refractivity contribution < 1.29 is 13.2 Å². The van der Waals surface area contributed by atoms with E-state index in [4.69, 9.17) is 4.74 Å². The van der Waals surface area contributed by atoms with E-state index in [1.165, 1.54) is 6.33 Å². The number of rotatable bonds is 6. The molecular weight excluding hydrogens is 390 g/mol. The SMILES string of the molecule is Cc1ccc(S(=O)(=O)Nc2ccc(Oc3cc(-n4ccnc4)ncn3)cc2)cc1. The Morgan fingerprint density at radius 1 is 1.00 bits per heavy atom. The number of benzene rings is 2. The Kier molecular flexibility index (Phi) is 4.96. The van der Waals surface area contributed by atoms with Gasteiger partial charge in [-0.05, 0) is 43.3 Å². The molecule has 0 saturated carbocycles. The Bertz CT molecular complexity index is 1210. The van der Waals surface area contributed by atoms with Crippen molar-refractivity contribution in [2.75, 3.05) is 4.72 Å². The number of ether oxygens (including phenoxy) is 1. The second-order valence-corrected chi connectivity index (χ2v) is 7.91. The van der Waals surface area contributed by atoms with Crippen molar-refractivity contribution in [2.24, 2.45) is 0 Å². The largest absolute Gasteiger partial charge is 0.439 e. The molecule has 0 radical (unpaired) electrons. The standard InChI is InChI=1S/C20H17N5O3S/c1-15-2-8-18(9-3-15)29(26,27)24-16-4-6-17(7-5-16)28-20-12-19(22-13-23-20)25-11-10-21-14-25/h2-14,24H,1H3. The highest BCUT2D eigenvalue weighted by Crippen LogP contribution is 2.24. The molecule has 2 aromatic carbocycles. The third-order valence-electron chi connectivity index (χ3n) is 4.06. The van der Waals surface area contributed by atoms with Crippen LogP contribution in [-0.2, 0) is 10.0 Å². The van der Waals surface area contributed by atoms with E-state index in [1.807, 2.05) is 6.92 Å². The summed E-state index contributed by atoms with van der Waals surface area (Å²) in [7, 11) is -3.65. The van der Waals surface area contributed by atoms with Crippen LogP contribution in [0.4, 0.5) is 5.69 Å². The fourth-order valence-corrected chi connectivity index (χ4v) is 3.62. The van der Waals surface area contributed by atoms with Crippen LogP contribution in [0.2, 0.25) is 0 Å². The van der Waals surface area contributed by atoms with Crippen molar-refractivity contribution in [1.29, 1.82) is 0 Å². The molecule has 0 fully saturated rings. The molecule has 0 aliphatic heterocycles. The van der Waals surface area contributed by atoms with Crippen molar-refractivity contribution in [3.05, 3.63) is 85.2 Å². The first-order valence-electron chi connectivity index (χ1n) is 8.67. The van der Waals surface area contributed by atoms with Gasteiger partial charge in [0.2, 0.25) is 5.88 Å². The van der Waals surface area contributed by atoms with E-state index in [9.17, 15) is 8.42 Å². The number of nitrogens with zero attached hydrogens (tertiary/aromatic N) is 4. The number of nitrogens with one attached hydrogen (secondary N) is 1. The molecule has 0 unspecified atom stereocenters. The average molecular weight is 407 g/mol. The molecule has 0 atom stereocenters. The van der Waals surface area contributed by atoms with Crippen LogP contribution in [0.25, 0.3) is 5.82 Å². The maximum Gasteiger partial charge on any atom is 0.261 e. The molecule has 0 aliphatic carbocycles. The van der Waals surface area contributed by atoms with Gasteiger partial charge in [0, 0.05) is 24.1 Å². The van der Waals surface area contributed by atoms with Crippen LogP contribution in [0.5, 0.6) is 11.6 Å². The van der Waals surface area contributed by atoms with Gasteiger partial charge in [-0.1, -0.05) is 17.7 Å². The smallest absolute Gasteiger partial charge is 0.261 e. The van der Waals surface area contributed by atoms with Crippen molar-refractivity contribution in [3.63, 3.8) is 0 Å². The number of aromatic nitrogens is 4. The van der Waals surface area contributed by atoms with Crippen LogP contribution < -0.4 is 9.46 Å². The van der Waals surface area contributed by atoms with Gasteiger partial charge in [0.05, 0.1) is 4.90 Å². The number of sulfonamides is 1. The summed E-state index contributed by atoms with van der Waals surface area (Å²) in [5.74, 6) is 1.49. The molecule has 146 valence electrons. The molecule has 0 spiro atoms. The minimum atomic E-state index is -3.65. The number of aryl methyl sites for hydroxylation is 1. The summed E-state index contributed by atoms with van der Waals surface area (Å²) < 4.78 is 35.0. The number of imidazole rings is 1. The van der Waals surface area contributed by atoms with Crippen LogP contribution in [0.15, 0.2) is 84.5 Å².